The Morgan fingerprint density at radius 2 is 2.43 bits per heavy atom. The number of rotatable bonds is 2. The molecule has 0 radical (unpaired) electrons. The van der Waals surface area contributed by atoms with Gasteiger partial charge in [0, 0.05) is 18.8 Å². The molecule has 14 heavy (non-hydrogen) atoms. The fourth-order valence-corrected chi connectivity index (χ4v) is 2.35. The third kappa shape index (κ3) is 1.82. The molecular weight excluding hydrogens is 174 g/mol. The zero-order chi connectivity index (χ0) is 10.2. The summed E-state index contributed by atoms with van der Waals surface area (Å²) in [5.41, 5.74) is 2.85. The fraction of sp³-hybridized carbons (Fsp3) is 0.727. The van der Waals surface area contributed by atoms with Crippen molar-refractivity contribution in [3.05, 3.63) is 17.5 Å². The Balaban J connectivity index is 2.13. The van der Waals surface area contributed by atoms with E-state index in [2.05, 4.69) is 30.5 Å². The van der Waals surface area contributed by atoms with Crippen LogP contribution in [0.3, 0.4) is 0 Å². The topological polar surface area (TPSA) is 29.9 Å². The summed E-state index contributed by atoms with van der Waals surface area (Å²) >= 11 is 0. The quantitative estimate of drug-likeness (QED) is 0.769. The minimum absolute atomic E-state index is 0.299. The number of nitrogens with zero attached hydrogens (tertiary/aromatic N) is 2. The third-order valence-electron chi connectivity index (χ3n) is 3.15. The summed E-state index contributed by atoms with van der Waals surface area (Å²) in [6.07, 6.45) is 5.82. The van der Waals surface area contributed by atoms with Crippen LogP contribution in [0, 0.1) is 6.92 Å². The molecule has 1 atom stereocenters. The Morgan fingerprint density at radius 3 is 2.93 bits per heavy atom. The van der Waals surface area contributed by atoms with Gasteiger partial charge in [-0.25, -0.2) is 0 Å². The Hall–Kier alpha value is -0.830. The Labute approximate surface area is 85.5 Å². The molecule has 0 saturated carbocycles. The van der Waals surface area contributed by atoms with Gasteiger partial charge in [-0.2, -0.15) is 5.10 Å². The van der Waals surface area contributed by atoms with E-state index in [1.807, 2.05) is 11.7 Å². The van der Waals surface area contributed by atoms with Gasteiger partial charge in [-0.3, -0.25) is 4.68 Å². The second-order valence-corrected chi connectivity index (χ2v) is 4.68. The molecule has 1 fully saturated rings. The average molecular weight is 193 g/mol. The predicted octanol–water partition coefficient (Wildman–Crippen LogP) is 1.41. The maximum absolute atomic E-state index is 4.37. The zero-order valence-electron chi connectivity index (χ0n) is 9.30. The summed E-state index contributed by atoms with van der Waals surface area (Å²) in [5.74, 6) is 0. The van der Waals surface area contributed by atoms with Crippen molar-refractivity contribution in [2.24, 2.45) is 7.05 Å². The molecule has 78 valence electrons. The van der Waals surface area contributed by atoms with Gasteiger partial charge in [0.2, 0.25) is 0 Å². The van der Waals surface area contributed by atoms with E-state index >= 15 is 0 Å². The Morgan fingerprint density at radius 1 is 1.64 bits per heavy atom. The lowest BCUT2D eigenvalue weighted by molar-refractivity contribution is 0.412. The van der Waals surface area contributed by atoms with Crippen LogP contribution in [0.2, 0.25) is 0 Å². The van der Waals surface area contributed by atoms with E-state index in [4.69, 9.17) is 0 Å². The smallest absolute Gasteiger partial charge is 0.0626 e. The van der Waals surface area contributed by atoms with Gasteiger partial charge >= 0.3 is 0 Å². The van der Waals surface area contributed by atoms with E-state index in [1.54, 1.807) is 0 Å². The van der Waals surface area contributed by atoms with E-state index in [-0.39, 0.29) is 0 Å². The first-order chi connectivity index (χ1) is 6.59. The summed E-state index contributed by atoms with van der Waals surface area (Å²) in [4.78, 5) is 0. The van der Waals surface area contributed by atoms with Crippen LogP contribution in [0.1, 0.15) is 31.0 Å². The summed E-state index contributed by atoms with van der Waals surface area (Å²) < 4.78 is 1.91. The van der Waals surface area contributed by atoms with Gasteiger partial charge in [0.25, 0.3) is 0 Å². The maximum Gasteiger partial charge on any atom is 0.0626 e. The largest absolute Gasteiger partial charge is 0.311 e. The first kappa shape index (κ1) is 9.71. The predicted molar refractivity (Wildman–Crippen MR) is 57.3 cm³/mol. The molecule has 1 aromatic rings. The lowest BCUT2D eigenvalue weighted by atomic mass is 9.92. The number of aromatic nitrogens is 2. The highest BCUT2D eigenvalue weighted by Gasteiger charge is 2.29. The maximum atomic E-state index is 4.37. The number of hydrogen-bond donors (Lipinski definition) is 1. The van der Waals surface area contributed by atoms with Crippen LogP contribution in [0.4, 0.5) is 0 Å². The van der Waals surface area contributed by atoms with E-state index in [0.717, 1.165) is 13.0 Å². The second kappa shape index (κ2) is 3.39. The van der Waals surface area contributed by atoms with E-state index in [9.17, 15) is 0 Å². The van der Waals surface area contributed by atoms with Gasteiger partial charge in [-0.1, -0.05) is 0 Å². The molecule has 1 aromatic heterocycles. The van der Waals surface area contributed by atoms with Crippen LogP contribution in [0.25, 0.3) is 0 Å². The molecule has 1 saturated heterocycles. The number of nitrogens with one attached hydrogen (secondary N) is 1. The molecule has 1 unspecified atom stereocenters. The molecule has 2 heterocycles. The molecule has 3 heteroatoms. The van der Waals surface area contributed by atoms with Crippen LogP contribution in [0.15, 0.2) is 6.20 Å². The van der Waals surface area contributed by atoms with Gasteiger partial charge in [0.05, 0.1) is 5.69 Å². The van der Waals surface area contributed by atoms with Gasteiger partial charge in [-0.15, -0.1) is 0 Å². The van der Waals surface area contributed by atoms with Crippen molar-refractivity contribution < 1.29 is 0 Å². The highest BCUT2D eigenvalue weighted by Crippen LogP contribution is 2.24. The monoisotopic (exact) mass is 193 g/mol. The standard InChI is InChI=1S/C11H19N3/c1-9-10(8-14(3)13-9)7-11(2)5-4-6-12-11/h8,12H,4-7H2,1-3H3. The first-order valence-electron chi connectivity index (χ1n) is 5.33. The number of hydrogen-bond acceptors (Lipinski definition) is 2. The molecular formula is C11H19N3. The van der Waals surface area contributed by atoms with Crippen molar-refractivity contribution in [3.63, 3.8) is 0 Å². The summed E-state index contributed by atoms with van der Waals surface area (Å²) in [5, 5.41) is 7.95. The van der Waals surface area contributed by atoms with E-state index in [0.29, 0.717) is 5.54 Å². The van der Waals surface area contributed by atoms with Crippen molar-refractivity contribution >= 4 is 0 Å². The zero-order valence-corrected chi connectivity index (χ0v) is 9.30. The lowest BCUT2D eigenvalue weighted by Gasteiger charge is -2.23. The molecule has 3 nitrogen and oxygen atoms in total. The lowest BCUT2D eigenvalue weighted by Crippen LogP contribution is -2.38. The van der Waals surface area contributed by atoms with Crippen molar-refractivity contribution in [2.75, 3.05) is 6.54 Å². The van der Waals surface area contributed by atoms with Crippen LogP contribution in [-0.2, 0) is 13.5 Å². The molecule has 1 aliphatic heterocycles. The first-order valence-corrected chi connectivity index (χ1v) is 5.33. The Kier molecular flexibility index (Phi) is 2.35. The van der Waals surface area contributed by atoms with Crippen molar-refractivity contribution in [1.82, 2.24) is 15.1 Å². The van der Waals surface area contributed by atoms with Crippen molar-refractivity contribution in [1.29, 1.82) is 0 Å². The highest BCUT2D eigenvalue weighted by molar-refractivity contribution is 5.19. The minimum Gasteiger partial charge on any atom is -0.311 e. The fourth-order valence-electron chi connectivity index (χ4n) is 2.35. The molecule has 0 amide bonds. The highest BCUT2D eigenvalue weighted by atomic mass is 15.2. The SMILES string of the molecule is Cc1nn(C)cc1CC1(C)CCCN1. The third-order valence-corrected chi connectivity index (χ3v) is 3.15. The molecule has 0 spiro atoms. The molecule has 0 bridgehead atoms. The number of aryl methyl sites for hydroxylation is 2. The van der Waals surface area contributed by atoms with E-state index in [1.165, 1.54) is 24.1 Å². The van der Waals surface area contributed by atoms with Crippen LogP contribution in [-0.4, -0.2) is 21.9 Å². The Bertz CT molecular complexity index is 321. The van der Waals surface area contributed by atoms with Gasteiger partial charge < -0.3 is 5.32 Å². The van der Waals surface area contributed by atoms with Gasteiger partial charge in [0.15, 0.2) is 0 Å². The van der Waals surface area contributed by atoms with Gasteiger partial charge in [-0.05, 0) is 45.2 Å². The van der Waals surface area contributed by atoms with Crippen molar-refractivity contribution in [2.45, 2.75) is 38.6 Å². The molecule has 1 aliphatic rings. The molecule has 2 rings (SSSR count). The summed E-state index contributed by atoms with van der Waals surface area (Å²) in [6.45, 7) is 5.57. The second-order valence-electron chi connectivity index (χ2n) is 4.68. The van der Waals surface area contributed by atoms with Crippen LogP contribution < -0.4 is 5.32 Å². The van der Waals surface area contributed by atoms with Crippen LogP contribution >= 0.6 is 0 Å². The molecule has 0 aliphatic carbocycles. The molecule has 0 aromatic carbocycles. The summed E-state index contributed by atoms with van der Waals surface area (Å²) in [7, 11) is 1.99. The normalized spacial score (nSPS) is 27.1. The summed E-state index contributed by atoms with van der Waals surface area (Å²) in [6, 6.07) is 0. The minimum atomic E-state index is 0.299. The van der Waals surface area contributed by atoms with Crippen LogP contribution in [0.5, 0.6) is 0 Å². The van der Waals surface area contributed by atoms with Crippen molar-refractivity contribution in [3.8, 4) is 0 Å². The molecule has 1 N–H and O–H groups in total. The average Bonchev–Trinajstić information content (AvgIpc) is 2.61. The van der Waals surface area contributed by atoms with Gasteiger partial charge in [0.1, 0.15) is 0 Å². The van der Waals surface area contributed by atoms with E-state index < -0.39 is 0 Å².